The Morgan fingerprint density at radius 2 is 1.63 bits per heavy atom. The van der Waals surface area contributed by atoms with Crippen LogP contribution in [0.4, 0.5) is 5.69 Å². The molecular weight excluding hydrogens is 423 g/mol. The van der Waals surface area contributed by atoms with Crippen LogP contribution in [-0.4, -0.2) is 22.6 Å². The summed E-state index contributed by atoms with van der Waals surface area (Å²) in [6.45, 7) is 5.80. The minimum Gasteiger partial charge on any atom is -0.318 e. The van der Waals surface area contributed by atoms with E-state index in [2.05, 4.69) is 15.8 Å². The predicted octanol–water partition coefficient (Wildman–Crippen LogP) is 4.80. The molecular formula is C22H20Cl2N4O2. The van der Waals surface area contributed by atoms with Crippen LogP contribution in [0.3, 0.4) is 0 Å². The van der Waals surface area contributed by atoms with Crippen LogP contribution in [0.25, 0.3) is 5.69 Å². The Balaban J connectivity index is 1.69. The number of nitrogens with one attached hydrogen (secondary N) is 2. The normalized spacial score (nSPS) is 11.0. The fourth-order valence-corrected chi connectivity index (χ4v) is 3.27. The van der Waals surface area contributed by atoms with Crippen molar-refractivity contribution in [1.29, 1.82) is 0 Å². The number of halogens is 2. The van der Waals surface area contributed by atoms with E-state index >= 15 is 0 Å². The minimum absolute atomic E-state index is 0.462. The maximum Gasteiger partial charge on any atom is 0.329 e. The molecule has 2 N–H and O–H groups in total. The zero-order chi connectivity index (χ0) is 21.8. The quantitative estimate of drug-likeness (QED) is 0.345. The summed E-state index contributed by atoms with van der Waals surface area (Å²) < 4.78 is 2.00. The summed E-state index contributed by atoms with van der Waals surface area (Å²) in [5.74, 6) is -1.65. The molecule has 8 heteroatoms. The Labute approximate surface area is 184 Å². The Kier molecular flexibility index (Phi) is 6.59. The first-order valence-corrected chi connectivity index (χ1v) is 9.87. The van der Waals surface area contributed by atoms with E-state index in [-0.39, 0.29) is 0 Å². The van der Waals surface area contributed by atoms with Crippen molar-refractivity contribution in [3.8, 4) is 5.69 Å². The van der Waals surface area contributed by atoms with E-state index in [1.807, 2.05) is 49.6 Å². The average Bonchev–Trinajstić information content (AvgIpc) is 2.99. The first-order chi connectivity index (χ1) is 14.3. The molecule has 0 saturated carbocycles. The highest BCUT2D eigenvalue weighted by Gasteiger charge is 2.14. The van der Waals surface area contributed by atoms with Gasteiger partial charge in [0.15, 0.2) is 0 Å². The number of aryl methyl sites for hydroxylation is 2. The highest BCUT2D eigenvalue weighted by Crippen LogP contribution is 2.27. The lowest BCUT2D eigenvalue weighted by Crippen LogP contribution is -2.32. The third-order valence-corrected chi connectivity index (χ3v) is 5.26. The molecule has 1 aromatic heterocycles. The SMILES string of the molecule is Cc1ccc(NC(=O)C(=O)N/N=C\c2cc(C)n(-c3ccc(Cl)c(Cl)c3)c2C)cc1. The van der Waals surface area contributed by atoms with Gasteiger partial charge in [-0.3, -0.25) is 9.59 Å². The summed E-state index contributed by atoms with van der Waals surface area (Å²) in [5.41, 5.74) is 7.34. The van der Waals surface area contributed by atoms with Gasteiger partial charge in [-0.1, -0.05) is 40.9 Å². The fourth-order valence-electron chi connectivity index (χ4n) is 2.98. The molecule has 6 nitrogen and oxygen atoms in total. The Morgan fingerprint density at radius 3 is 2.30 bits per heavy atom. The molecule has 30 heavy (non-hydrogen) atoms. The number of amides is 2. The molecule has 1 heterocycles. The largest absolute Gasteiger partial charge is 0.329 e. The maximum atomic E-state index is 12.0. The molecule has 3 aromatic rings. The molecule has 0 spiro atoms. The molecule has 3 rings (SSSR count). The number of benzene rings is 2. The number of nitrogens with zero attached hydrogens (tertiary/aromatic N) is 2. The molecule has 0 bridgehead atoms. The summed E-state index contributed by atoms with van der Waals surface area (Å²) in [6, 6.07) is 14.4. The second-order valence-corrected chi connectivity index (χ2v) is 7.59. The number of carbonyl (C=O) groups is 2. The second kappa shape index (κ2) is 9.15. The van der Waals surface area contributed by atoms with Crippen LogP contribution in [0.5, 0.6) is 0 Å². The van der Waals surface area contributed by atoms with E-state index in [0.717, 1.165) is 28.2 Å². The smallest absolute Gasteiger partial charge is 0.318 e. The van der Waals surface area contributed by atoms with Gasteiger partial charge in [-0.15, -0.1) is 0 Å². The first kappa shape index (κ1) is 21.6. The van der Waals surface area contributed by atoms with E-state index in [4.69, 9.17) is 23.2 Å². The molecule has 0 aliphatic heterocycles. The molecule has 2 amide bonds. The predicted molar refractivity (Wildman–Crippen MR) is 121 cm³/mol. The van der Waals surface area contributed by atoms with Gasteiger partial charge in [0, 0.05) is 28.3 Å². The van der Waals surface area contributed by atoms with Crippen LogP contribution in [0, 0.1) is 20.8 Å². The fraction of sp³-hybridized carbons (Fsp3) is 0.136. The molecule has 0 atom stereocenters. The van der Waals surface area contributed by atoms with Gasteiger partial charge < -0.3 is 9.88 Å². The number of hydrogen-bond acceptors (Lipinski definition) is 3. The van der Waals surface area contributed by atoms with Gasteiger partial charge in [0.1, 0.15) is 0 Å². The van der Waals surface area contributed by atoms with Crippen LogP contribution < -0.4 is 10.7 Å². The van der Waals surface area contributed by atoms with Crippen molar-refractivity contribution in [2.24, 2.45) is 5.10 Å². The van der Waals surface area contributed by atoms with Crippen molar-refractivity contribution in [3.63, 3.8) is 0 Å². The van der Waals surface area contributed by atoms with Gasteiger partial charge >= 0.3 is 11.8 Å². The van der Waals surface area contributed by atoms with E-state index in [1.165, 1.54) is 6.21 Å². The van der Waals surface area contributed by atoms with Crippen LogP contribution in [0.2, 0.25) is 10.0 Å². The monoisotopic (exact) mass is 442 g/mol. The molecule has 0 aliphatic carbocycles. The molecule has 154 valence electrons. The molecule has 0 fully saturated rings. The minimum atomic E-state index is -0.856. The average molecular weight is 443 g/mol. The first-order valence-electron chi connectivity index (χ1n) is 9.11. The van der Waals surface area contributed by atoms with Crippen molar-refractivity contribution in [2.45, 2.75) is 20.8 Å². The molecule has 2 aromatic carbocycles. The lowest BCUT2D eigenvalue weighted by molar-refractivity contribution is -0.136. The Hall–Kier alpha value is -3.09. The van der Waals surface area contributed by atoms with Crippen molar-refractivity contribution in [1.82, 2.24) is 9.99 Å². The standard InChI is InChI=1S/C22H20Cl2N4O2/c1-13-4-6-17(7-5-13)26-21(29)22(30)27-25-12-16-10-14(2)28(15(16)3)18-8-9-19(23)20(24)11-18/h4-12H,1-3H3,(H,26,29)(H,27,30)/b25-12-. The van der Waals surface area contributed by atoms with Crippen molar-refractivity contribution >= 4 is 46.9 Å². The van der Waals surface area contributed by atoms with Crippen molar-refractivity contribution in [3.05, 3.63) is 81.1 Å². The van der Waals surface area contributed by atoms with Gasteiger partial charge in [-0.2, -0.15) is 5.10 Å². The summed E-state index contributed by atoms with van der Waals surface area (Å²) >= 11 is 12.1. The van der Waals surface area contributed by atoms with Crippen molar-refractivity contribution in [2.75, 3.05) is 5.32 Å². The number of rotatable bonds is 4. The third-order valence-electron chi connectivity index (χ3n) is 4.52. The zero-order valence-corrected chi connectivity index (χ0v) is 18.2. The third kappa shape index (κ3) is 4.90. The van der Waals surface area contributed by atoms with Gasteiger partial charge in [0.05, 0.1) is 16.3 Å². The van der Waals surface area contributed by atoms with Crippen LogP contribution in [0.15, 0.2) is 53.6 Å². The summed E-state index contributed by atoms with van der Waals surface area (Å²) in [5, 5.41) is 7.38. The number of carbonyl (C=O) groups excluding carboxylic acids is 2. The van der Waals surface area contributed by atoms with Crippen LogP contribution in [0.1, 0.15) is 22.5 Å². The highest BCUT2D eigenvalue weighted by atomic mass is 35.5. The highest BCUT2D eigenvalue weighted by molar-refractivity contribution is 6.42. The summed E-state index contributed by atoms with van der Waals surface area (Å²) in [7, 11) is 0. The zero-order valence-electron chi connectivity index (χ0n) is 16.7. The topological polar surface area (TPSA) is 75.5 Å². The summed E-state index contributed by atoms with van der Waals surface area (Å²) in [6.07, 6.45) is 1.49. The number of aromatic nitrogens is 1. The van der Waals surface area contributed by atoms with Crippen molar-refractivity contribution < 1.29 is 9.59 Å². The van der Waals surface area contributed by atoms with E-state index in [0.29, 0.717) is 15.7 Å². The number of hydrogen-bond donors (Lipinski definition) is 2. The second-order valence-electron chi connectivity index (χ2n) is 6.78. The van der Waals surface area contributed by atoms with Gasteiger partial charge in [0.25, 0.3) is 0 Å². The van der Waals surface area contributed by atoms with Gasteiger partial charge in [0.2, 0.25) is 0 Å². The molecule has 0 saturated heterocycles. The van der Waals surface area contributed by atoms with Gasteiger partial charge in [-0.05, 0) is 57.2 Å². The van der Waals surface area contributed by atoms with E-state index in [1.54, 1.807) is 24.3 Å². The number of anilines is 1. The lowest BCUT2D eigenvalue weighted by atomic mass is 10.2. The molecule has 0 aliphatic rings. The van der Waals surface area contributed by atoms with Gasteiger partial charge in [-0.25, -0.2) is 5.43 Å². The Bertz CT molecular complexity index is 1130. The van der Waals surface area contributed by atoms with Crippen LogP contribution >= 0.6 is 23.2 Å². The van der Waals surface area contributed by atoms with E-state index < -0.39 is 11.8 Å². The summed E-state index contributed by atoms with van der Waals surface area (Å²) in [4.78, 5) is 24.0. The van der Waals surface area contributed by atoms with Crippen LogP contribution in [-0.2, 0) is 9.59 Å². The maximum absolute atomic E-state index is 12.0. The van der Waals surface area contributed by atoms with E-state index in [9.17, 15) is 9.59 Å². The molecule has 0 unspecified atom stereocenters. The number of hydrazone groups is 1. The molecule has 0 radical (unpaired) electrons. The lowest BCUT2D eigenvalue weighted by Gasteiger charge is -2.10. The Morgan fingerprint density at radius 1 is 0.933 bits per heavy atom.